The third kappa shape index (κ3) is 5.57. The number of benzene rings is 2. The first-order valence-corrected chi connectivity index (χ1v) is 8.60. The summed E-state index contributed by atoms with van der Waals surface area (Å²) >= 11 is 6.00. The Kier molecular flexibility index (Phi) is 6.68. The van der Waals surface area contributed by atoms with Crippen LogP contribution in [0.15, 0.2) is 48.5 Å². The zero-order chi connectivity index (χ0) is 17.5. The van der Waals surface area contributed by atoms with E-state index >= 15 is 0 Å². The summed E-state index contributed by atoms with van der Waals surface area (Å²) in [7, 11) is 0. The molecule has 2 atom stereocenters. The van der Waals surface area contributed by atoms with Crippen LogP contribution in [0.3, 0.4) is 0 Å². The van der Waals surface area contributed by atoms with Crippen LogP contribution in [-0.4, -0.2) is 18.1 Å². The molecule has 0 spiro atoms. The maximum Gasteiger partial charge on any atom is 0.260 e. The van der Waals surface area contributed by atoms with E-state index in [0.717, 1.165) is 18.4 Å². The molecule has 2 rings (SSSR count). The van der Waals surface area contributed by atoms with Gasteiger partial charge < -0.3 is 10.1 Å². The fourth-order valence-electron chi connectivity index (χ4n) is 2.41. The minimum atomic E-state index is -0.551. The average Bonchev–Trinajstić information content (AvgIpc) is 2.57. The standard InChI is InChI=1S/C20H24ClNO2/c1-14-13-18(11-12-19(14)21)24-16(3)20(23)22-15(2)9-10-17-7-5-4-6-8-17/h4-8,11-13,15-16H,9-10H2,1-3H3,(H,22,23)/t15-,16+/m0/s1. The van der Waals surface area contributed by atoms with Crippen LogP contribution in [0, 0.1) is 6.92 Å². The van der Waals surface area contributed by atoms with Crippen LogP contribution in [0.1, 0.15) is 31.4 Å². The number of ether oxygens (including phenoxy) is 1. The molecule has 0 saturated heterocycles. The maximum atomic E-state index is 12.3. The first-order valence-electron chi connectivity index (χ1n) is 8.23. The van der Waals surface area contributed by atoms with Gasteiger partial charge in [-0.1, -0.05) is 41.9 Å². The molecule has 0 aliphatic carbocycles. The molecule has 4 heteroatoms. The van der Waals surface area contributed by atoms with Crippen LogP contribution in [0.25, 0.3) is 0 Å². The Balaban J connectivity index is 1.80. The number of amides is 1. The molecule has 1 amide bonds. The van der Waals surface area contributed by atoms with Crippen molar-refractivity contribution >= 4 is 17.5 Å². The third-order valence-electron chi connectivity index (χ3n) is 3.91. The van der Waals surface area contributed by atoms with Gasteiger partial charge in [0, 0.05) is 11.1 Å². The number of carbonyl (C=O) groups is 1. The molecule has 0 radical (unpaired) electrons. The normalized spacial score (nSPS) is 13.2. The van der Waals surface area contributed by atoms with E-state index in [0.29, 0.717) is 10.8 Å². The monoisotopic (exact) mass is 345 g/mol. The summed E-state index contributed by atoms with van der Waals surface area (Å²) < 4.78 is 5.70. The van der Waals surface area contributed by atoms with Gasteiger partial charge in [0.1, 0.15) is 5.75 Å². The minimum Gasteiger partial charge on any atom is -0.481 e. The van der Waals surface area contributed by atoms with Crippen LogP contribution < -0.4 is 10.1 Å². The van der Waals surface area contributed by atoms with E-state index < -0.39 is 6.10 Å². The number of halogens is 1. The summed E-state index contributed by atoms with van der Waals surface area (Å²) in [4.78, 5) is 12.3. The summed E-state index contributed by atoms with van der Waals surface area (Å²) in [5.41, 5.74) is 2.21. The molecule has 24 heavy (non-hydrogen) atoms. The molecule has 2 aromatic carbocycles. The van der Waals surface area contributed by atoms with Crippen LogP contribution in [0.2, 0.25) is 5.02 Å². The highest BCUT2D eigenvalue weighted by Crippen LogP contribution is 2.21. The Morgan fingerprint density at radius 1 is 1.17 bits per heavy atom. The highest BCUT2D eigenvalue weighted by Gasteiger charge is 2.17. The summed E-state index contributed by atoms with van der Waals surface area (Å²) in [6.45, 7) is 5.68. The SMILES string of the molecule is Cc1cc(O[C@H](C)C(=O)N[C@@H](C)CCc2ccccc2)ccc1Cl. The highest BCUT2D eigenvalue weighted by atomic mass is 35.5. The molecule has 0 aliphatic heterocycles. The van der Waals surface area contributed by atoms with Gasteiger partial charge in [0.05, 0.1) is 0 Å². The van der Waals surface area contributed by atoms with Crippen molar-refractivity contribution in [3.63, 3.8) is 0 Å². The van der Waals surface area contributed by atoms with Gasteiger partial charge >= 0.3 is 0 Å². The second-order valence-corrected chi connectivity index (χ2v) is 6.51. The van der Waals surface area contributed by atoms with E-state index in [-0.39, 0.29) is 11.9 Å². The van der Waals surface area contributed by atoms with Crippen LogP contribution >= 0.6 is 11.6 Å². The Bertz CT molecular complexity index is 673. The maximum absolute atomic E-state index is 12.3. The van der Waals surface area contributed by atoms with Crippen molar-refractivity contribution in [3.8, 4) is 5.75 Å². The summed E-state index contributed by atoms with van der Waals surface area (Å²) in [6.07, 6.45) is 1.28. The van der Waals surface area contributed by atoms with Crippen LogP contribution in [-0.2, 0) is 11.2 Å². The summed E-state index contributed by atoms with van der Waals surface area (Å²) in [5, 5.41) is 3.70. The van der Waals surface area contributed by atoms with Gasteiger partial charge in [-0.2, -0.15) is 0 Å². The van der Waals surface area contributed by atoms with Crippen molar-refractivity contribution in [3.05, 3.63) is 64.7 Å². The van der Waals surface area contributed by atoms with E-state index in [1.54, 1.807) is 19.1 Å². The molecule has 0 aliphatic rings. The van der Waals surface area contributed by atoms with Gasteiger partial charge in [0.25, 0.3) is 5.91 Å². The topological polar surface area (TPSA) is 38.3 Å². The lowest BCUT2D eigenvalue weighted by Crippen LogP contribution is -2.41. The predicted molar refractivity (Wildman–Crippen MR) is 98.6 cm³/mol. The third-order valence-corrected chi connectivity index (χ3v) is 4.33. The first kappa shape index (κ1) is 18.3. The van der Waals surface area contributed by atoms with Gasteiger partial charge in [-0.25, -0.2) is 0 Å². The van der Waals surface area contributed by atoms with Crippen LogP contribution in [0.5, 0.6) is 5.75 Å². The van der Waals surface area contributed by atoms with Crippen molar-refractivity contribution in [2.75, 3.05) is 0 Å². The van der Waals surface area contributed by atoms with Crippen molar-refractivity contribution in [2.24, 2.45) is 0 Å². The second-order valence-electron chi connectivity index (χ2n) is 6.10. The molecule has 0 saturated carbocycles. The molecular formula is C20H24ClNO2. The molecule has 2 aromatic rings. The van der Waals surface area contributed by atoms with Gasteiger partial charge in [-0.3, -0.25) is 4.79 Å². The second kappa shape index (κ2) is 8.74. The summed E-state index contributed by atoms with van der Waals surface area (Å²) in [6, 6.07) is 15.8. The van der Waals surface area contributed by atoms with Crippen molar-refractivity contribution in [1.82, 2.24) is 5.32 Å². The number of hydrogen-bond acceptors (Lipinski definition) is 2. The van der Waals surface area contributed by atoms with Gasteiger partial charge in [-0.15, -0.1) is 0 Å². The van der Waals surface area contributed by atoms with Crippen molar-refractivity contribution < 1.29 is 9.53 Å². The number of rotatable bonds is 7. The lowest BCUT2D eigenvalue weighted by molar-refractivity contribution is -0.127. The quantitative estimate of drug-likeness (QED) is 0.799. The Morgan fingerprint density at radius 2 is 1.88 bits per heavy atom. The Hall–Kier alpha value is -2.00. The summed E-state index contributed by atoms with van der Waals surface area (Å²) in [5.74, 6) is 0.541. The Labute approximate surface area is 149 Å². The molecule has 128 valence electrons. The molecule has 0 heterocycles. The zero-order valence-corrected chi connectivity index (χ0v) is 15.1. The molecular weight excluding hydrogens is 322 g/mol. The van der Waals surface area contributed by atoms with Gasteiger partial charge in [-0.05, 0) is 62.9 Å². The van der Waals surface area contributed by atoms with E-state index in [2.05, 4.69) is 17.4 Å². The van der Waals surface area contributed by atoms with E-state index in [9.17, 15) is 4.79 Å². The van der Waals surface area contributed by atoms with E-state index in [1.807, 2.05) is 38.1 Å². The molecule has 1 N–H and O–H groups in total. The number of nitrogens with one attached hydrogen (secondary N) is 1. The van der Waals surface area contributed by atoms with Crippen molar-refractivity contribution in [2.45, 2.75) is 45.8 Å². The molecule has 0 aromatic heterocycles. The lowest BCUT2D eigenvalue weighted by atomic mass is 10.1. The largest absolute Gasteiger partial charge is 0.481 e. The highest BCUT2D eigenvalue weighted by molar-refractivity contribution is 6.31. The minimum absolute atomic E-state index is 0.0933. The predicted octanol–water partition coefficient (Wildman–Crippen LogP) is 4.55. The Morgan fingerprint density at radius 3 is 2.54 bits per heavy atom. The average molecular weight is 346 g/mol. The lowest BCUT2D eigenvalue weighted by Gasteiger charge is -2.19. The number of carbonyl (C=O) groups excluding carboxylic acids is 1. The van der Waals surface area contributed by atoms with Gasteiger partial charge in [0.2, 0.25) is 0 Å². The van der Waals surface area contributed by atoms with E-state index in [4.69, 9.17) is 16.3 Å². The molecule has 3 nitrogen and oxygen atoms in total. The first-order chi connectivity index (χ1) is 11.5. The zero-order valence-electron chi connectivity index (χ0n) is 14.4. The number of hydrogen-bond donors (Lipinski definition) is 1. The number of aryl methyl sites for hydroxylation is 2. The molecule has 0 bridgehead atoms. The molecule has 0 unspecified atom stereocenters. The van der Waals surface area contributed by atoms with E-state index in [1.165, 1.54) is 5.56 Å². The molecule has 0 fully saturated rings. The van der Waals surface area contributed by atoms with Crippen molar-refractivity contribution in [1.29, 1.82) is 0 Å². The fraction of sp³-hybridized carbons (Fsp3) is 0.350. The fourth-order valence-corrected chi connectivity index (χ4v) is 2.53. The van der Waals surface area contributed by atoms with Gasteiger partial charge in [0.15, 0.2) is 6.10 Å². The van der Waals surface area contributed by atoms with Crippen LogP contribution in [0.4, 0.5) is 0 Å². The smallest absolute Gasteiger partial charge is 0.260 e.